The number of nitrogens with zero attached hydrogens (tertiary/aromatic N) is 1. The molecule has 1 aromatic heterocycles. The monoisotopic (exact) mass is 423 g/mol. The molecule has 1 heterocycles. The van der Waals surface area contributed by atoms with Crippen molar-refractivity contribution in [3.05, 3.63) is 64.7 Å². The first kappa shape index (κ1) is 19.9. The third kappa shape index (κ3) is 3.99. The Balaban J connectivity index is 1.48. The van der Waals surface area contributed by atoms with E-state index in [2.05, 4.69) is 15.6 Å². The molecular formula is C22H21N3O4S. The van der Waals surface area contributed by atoms with E-state index in [1.54, 1.807) is 44.6 Å². The number of anilines is 2. The van der Waals surface area contributed by atoms with E-state index < -0.39 is 0 Å². The summed E-state index contributed by atoms with van der Waals surface area (Å²) >= 11 is 1.42. The normalized spacial score (nSPS) is 14.7. The lowest BCUT2D eigenvalue weighted by Gasteiger charge is -2.14. The molecule has 4 rings (SSSR count). The Kier molecular flexibility index (Phi) is 5.67. The van der Waals surface area contributed by atoms with Gasteiger partial charge in [-0.2, -0.15) is 0 Å². The molecule has 154 valence electrons. The lowest BCUT2D eigenvalue weighted by molar-refractivity contribution is -0.117. The summed E-state index contributed by atoms with van der Waals surface area (Å²) in [5.74, 6) is 0.433. The van der Waals surface area contributed by atoms with Gasteiger partial charge in [-0.05, 0) is 37.1 Å². The Morgan fingerprint density at radius 2 is 1.87 bits per heavy atom. The van der Waals surface area contributed by atoms with Gasteiger partial charge in [0.05, 0.1) is 31.5 Å². The molecule has 0 radical (unpaired) electrons. The van der Waals surface area contributed by atoms with E-state index in [0.29, 0.717) is 34.3 Å². The number of methoxy groups -OCH3 is 2. The molecule has 0 unspecified atom stereocenters. The number of rotatable bonds is 6. The summed E-state index contributed by atoms with van der Waals surface area (Å²) in [7, 11) is 3.11. The fourth-order valence-corrected chi connectivity index (χ4v) is 4.45. The number of thiazole rings is 1. The Hall–Kier alpha value is -3.39. The van der Waals surface area contributed by atoms with Gasteiger partial charge < -0.3 is 14.8 Å². The van der Waals surface area contributed by atoms with E-state index in [0.717, 1.165) is 17.0 Å². The summed E-state index contributed by atoms with van der Waals surface area (Å²) < 4.78 is 10.5. The minimum atomic E-state index is -0.370. The Morgan fingerprint density at radius 1 is 1.07 bits per heavy atom. The number of benzene rings is 2. The maximum Gasteiger partial charge on any atom is 0.257 e. The smallest absolute Gasteiger partial charge is 0.257 e. The third-order valence-corrected chi connectivity index (χ3v) is 6.00. The average Bonchev–Trinajstić information content (AvgIpc) is 3.34. The van der Waals surface area contributed by atoms with Gasteiger partial charge in [0, 0.05) is 16.5 Å². The van der Waals surface area contributed by atoms with Crippen LogP contribution in [-0.4, -0.2) is 31.0 Å². The molecule has 0 bridgehead atoms. The van der Waals surface area contributed by atoms with Gasteiger partial charge >= 0.3 is 0 Å². The molecule has 2 N–H and O–H groups in total. The Labute approximate surface area is 178 Å². The summed E-state index contributed by atoms with van der Waals surface area (Å²) in [5.41, 5.74) is 1.87. The fraction of sp³-hybridized carbons (Fsp3) is 0.227. The average molecular weight is 423 g/mol. The van der Waals surface area contributed by atoms with E-state index in [1.165, 1.54) is 11.3 Å². The molecule has 1 aliphatic rings. The molecule has 0 saturated carbocycles. The number of amides is 2. The number of hydrogen-bond donors (Lipinski definition) is 2. The highest BCUT2D eigenvalue weighted by Crippen LogP contribution is 2.39. The van der Waals surface area contributed by atoms with Crippen LogP contribution in [0.3, 0.4) is 0 Å². The Bertz CT molecular complexity index is 1080. The number of aromatic nitrogens is 1. The zero-order chi connectivity index (χ0) is 21.1. The summed E-state index contributed by atoms with van der Waals surface area (Å²) in [6.07, 6.45) is 1.44. The van der Waals surface area contributed by atoms with Crippen molar-refractivity contribution in [3.8, 4) is 11.5 Å². The van der Waals surface area contributed by atoms with Gasteiger partial charge in [-0.3, -0.25) is 14.9 Å². The van der Waals surface area contributed by atoms with Crippen LogP contribution in [0.2, 0.25) is 0 Å². The first-order chi connectivity index (χ1) is 14.6. The second-order valence-electron chi connectivity index (χ2n) is 6.79. The summed E-state index contributed by atoms with van der Waals surface area (Å²) in [6, 6.07) is 14.2. The number of carbonyl (C=O) groups is 2. The van der Waals surface area contributed by atoms with Crippen molar-refractivity contribution in [1.82, 2.24) is 4.98 Å². The number of aryl methyl sites for hydroxylation is 1. The van der Waals surface area contributed by atoms with Crippen LogP contribution in [0.1, 0.15) is 33.3 Å². The first-order valence-corrected chi connectivity index (χ1v) is 10.3. The molecule has 7 nitrogen and oxygen atoms in total. The second-order valence-corrected chi connectivity index (χ2v) is 7.88. The maximum atomic E-state index is 12.9. The molecule has 0 aliphatic heterocycles. The van der Waals surface area contributed by atoms with Crippen LogP contribution in [0.4, 0.5) is 10.8 Å². The van der Waals surface area contributed by atoms with Gasteiger partial charge in [0.1, 0.15) is 11.5 Å². The molecule has 2 amide bonds. The van der Waals surface area contributed by atoms with Crippen LogP contribution < -0.4 is 20.1 Å². The molecule has 8 heteroatoms. The van der Waals surface area contributed by atoms with Crippen molar-refractivity contribution < 1.29 is 19.1 Å². The predicted molar refractivity (Wildman–Crippen MR) is 116 cm³/mol. The number of nitrogens with one attached hydrogen (secondary N) is 2. The van der Waals surface area contributed by atoms with Crippen molar-refractivity contribution >= 4 is 34.0 Å². The summed E-state index contributed by atoms with van der Waals surface area (Å²) in [6.45, 7) is 0. The molecular weight excluding hydrogens is 402 g/mol. The van der Waals surface area contributed by atoms with Gasteiger partial charge in [-0.25, -0.2) is 4.98 Å². The maximum absolute atomic E-state index is 12.9. The highest BCUT2D eigenvalue weighted by molar-refractivity contribution is 7.16. The van der Waals surface area contributed by atoms with Crippen LogP contribution in [0.15, 0.2) is 48.5 Å². The molecule has 0 spiro atoms. The summed E-state index contributed by atoms with van der Waals surface area (Å²) in [5, 5.41) is 6.27. The third-order valence-electron chi connectivity index (χ3n) is 4.96. The highest BCUT2D eigenvalue weighted by atomic mass is 32.1. The molecule has 0 fully saturated rings. The van der Waals surface area contributed by atoms with Crippen molar-refractivity contribution in [2.75, 3.05) is 24.9 Å². The van der Waals surface area contributed by atoms with Crippen LogP contribution in [0.25, 0.3) is 0 Å². The van der Waals surface area contributed by atoms with Gasteiger partial charge in [0.25, 0.3) is 5.91 Å². The van der Waals surface area contributed by atoms with Gasteiger partial charge in [-0.1, -0.05) is 18.2 Å². The van der Waals surface area contributed by atoms with Gasteiger partial charge in [0.15, 0.2) is 5.13 Å². The van der Waals surface area contributed by atoms with Crippen molar-refractivity contribution in [3.63, 3.8) is 0 Å². The van der Waals surface area contributed by atoms with Crippen LogP contribution in [-0.2, 0) is 11.2 Å². The topological polar surface area (TPSA) is 89.6 Å². The second kappa shape index (κ2) is 8.54. The predicted octanol–water partition coefficient (Wildman–Crippen LogP) is 4.08. The van der Waals surface area contributed by atoms with E-state index >= 15 is 0 Å². The number of fused-ring (bicyclic) bond motifs is 1. The highest BCUT2D eigenvalue weighted by Gasteiger charge is 2.33. The minimum Gasteiger partial charge on any atom is -0.497 e. The standard InChI is InChI=1S/C22H21N3O4S/c1-28-14-8-10-16(17(12-14)29-2)23-21(27)15-9-11-18-19(15)24-22(30-18)25-20(26)13-6-4-3-5-7-13/h3-8,10,12,15H,9,11H2,1-2H3,(H,23,27)(H,24,25,26)/t15-/m1/s1. The number of carbonyl (C=O) groups excluding carboxylic acids is 2. The van der Waals surface area contributed by atoms with E-state index in [4.69, 9.17) is 9.47 Å². The minimum absolute atomic E-state index is 0.150. The quantitative estimate of drug-likeness (QED) is 0.624. The molecule has 30 heavy (non-hydrogen) atoms. The van der Waals surface area contributed by atoms with Crippen LogP contribution >= 0.6 is 11.3 Å². The first-order valence-electron chi connectivity index (χ1n) is 9.48. The molecule has 1 aliphatic carbocycles. The molecule has 1 atom stereocenters. The number of hydrogen-bond acceptors (Lipinski definition) is 6. The van der Waals surface area contributed by atoms with Crippen molar-refractivity contribution in [2.24, 2.45) is 0 Å². The zero-order valence-corrected chi connectivity index (χ0v) is 17.4. The SMILES string of the molecule is COc1ccc(NC(=O)[C@@H]2CCc3sc(NC(=O)c4ccccc4)nc32)c(OC)c1. The van der Waals surface area contributed by atoms with E-state index in [1.807, 2.05) is 18.2 Å². The van der Waals surface area contributed by atoms with E-state index in [-0.39, 0.29) is 17.7 Å². The lowest BCUT2D eigenvalue weighted by atomic mass is 10.1. The van der Waals surface area contributed by atoms with Gasteiger partial charge in [-0.15, -0.1) is 11.3 Å². The largest absolute Gasteiger partial charge is 0.497 e. The van der Waals surface area contributed by atoms with Crippen LogP contribution in [0.5, 0.6) is 11.5 Å². The lowest BCUT2D eigenvalue weighted by Crippen LogP contribution is -2.20. The molecule has 3 aromatic rings. The van der Waals surface area contributed by atoms with Gasteiger partial charge in [0.2, 0.25) is 5.91 Å². The van der Waals surface area contributed by atoms with Crippen molar-refractivity contribution in [2.45, 2.75) is 18.8 Å². The van der Waals surface area contributed by atoms with Crippen molar-refractivity contribution in [1.29, 1.82) is 0 Å². The Morgan fingerprint density at radius 3 is 2.60 bits per heavy atom. The molecule has 2 aromatic carbocycles. The fourth-order valence-electron chi connectivity index (χ4n) is 3.42. The number of ether oxygens (including phenoxy) is 2. The van der Waals surface area contributed by atoms with E-state index in [9.17, 15) is 9.59 Å². The summed E-state index contributed by atoms with van der Waals surface area (Å²) in [4.78, 5) is 30.9. The zero-order valence-electron chi connectivity index (χ0n) is 16.6. The molecule has 0 saturated heterocycles. The van der Waals surface area contributed by atoms with Crippen LogP contribution in [0, 0.1) is 0 Å².